The van der Waals surface area contributed by atoms with Crippen LogP contribution in [0, 0.1) is 5.41 Å². The maximum atomic E-state index is 13.3. The van der Waals surface area contributed by atoms with Gasteiger partial charge in [0.2, 0.25) is 5.91 Å². The average Bonchev–Trinajstić information content (AvgIpc) is 3.30. The molecule has 220 valence electrons. The predicted molar refractivity (Wildman–Crippen MR) is 156 cm³/mol. The third-order valence-electron chi connectivity index (χ3n) is 6.39. The molecular weight excluding hydrogens is 524 g/mol. The Morgan fingerprint density at radius 3 is 2.51 bits per heavy atom. The highest BCUT2D eigenvalue weighted by Crippen LogP contribution is 2.32. The van der Waals surface area contributed by atoms with Crippen LogP contribution >= 0.6 is 0 Å². The van der Waals surface area contributed by atoms with Gasteiger partial charge in [0.15, 0.2) is 11.9 Å². The van der Waals surface area contributed by atoms with E-state index in [0.717, 1.165) is 29.2 Å². The van der Waals surface area contributed by atoms with Gasteiger partial charge >= 0.3 is 6.09 Å². The molecule has 0 N–H and O–H groups in total. The molecule has 2 aromatic rings. The molecule has 2 amide bonds. The van der Waals surface area contributed by atoms with Crippen molar-refractivity contribution in [3.63, 3.8) is 0 Å². The molecule has 2 aromatic heterocycles. The van der Waals surface area contributed by atoms with Crippen LogP contribution in [-0.4, -0.2) is 82.1 Å². The molecule has 0 radical (unpaired) electrons. The second kappa shape index (κ2) is 13.5. The zero-order valence-corrected chi connectivity index (χ0v) is 25.0. The maximum absolute atomic E-state index is 13.3. The van der Waals surface area contributed by atoms with Crippen molar-refractivity contribution in [2.45, 2.75) is 65.5 Å². The third kappa shape index (κ3) is 8.92. The van der Waals surface area contributed by atoms with Crippen LogP contribution in [-0.2, 0) is 40.1 Å². The molecule has 11 heteroatoms. The summed E-state index contributed by atoms with van der Waals surface area (Å²) in [5, 5.41) is 0. The van der Waals surface area contributed by atoms with Crippen molar-refractivity contribution in [1.82, 2.24) is 24.3 Å². The van der Waals surface area contributed by atoms with E-state index in [-0.39, 0.29) is 36.3 Å². The Morgan fingerprint density at radius 1 is 1.12 bits per heavy atom. The first-order valence-corrected chi connectivity index (χ1v) is 13.6. The molecule has 3 heterocycles. The molecule has 1 aliphatic heterocycles. The number of hydrogen-bond donors (Lipinski definition) is 0. The molecule has 0 saturated heterocycles. The highest BCUT2D eigenvalue weighted by molar-refractivity contribution is 5.93. The quantitative estimate of drug-likeness (QED) is 0.384. The van der Waals surface area contributed by atoms with Crippen molar-refractivity contribution < 1.29 is 19.1 Å². The number of ether oxygens (including phenoxy) is 1. The largest absolute Gasteiger partial charge is 0.438 e. The van der Waals surface area contributed by atoms with Gasteiger partial charge in [0.05, 0.1) is 17.9 Å². The normalized spacial score (nSPS) is 13.5. The van der Waals surface area contributed by atoms with Gasteiger partial charge in [0.25, 0.3) is 5.56 Å². The molecule has 0 spiro atoms. The number of carbonyl (C=O) groups is 3. The summed E-state index contributed by atoms with van der Waals surface area (Å²) in [5.74, 6) is -0.578. The monoisotopic (exact) mass is 564 g/mol. The van der Waals surface area contributed by atoms with Gasteiger partial charge in [0.1, 0.15) is 12.0 Å². The molecular formula is C30H40N6O5. The van der Waals surface area contributed by atoms with Crippen LogP contribution in [0.25, 0.3) is 0 Å². The van der Waals surface area contributed by atoms with Crippen LogP contribution < -0.4 is 5.56 Å². The molecule has 41 heavy (non-hydrogen) atoms. The summed E-state index contributed by atoms with van der Waals surface area (Å²) in [6.07, 6.45) is 6.17. The fourth-order valence-corrected chi connectivity index (χ4v) is 4.27. The number of nitrogens with zero attached hydrogens (tertiary/aromatic N) is 6. The Hall–Kier alpha value is -4.15. The standard InChI is InChI=1S/C30H40N6O5/c1-30(2,3)17-23-27-22(31-19-32-23)16-21(33-27)18-36-14-10-11-20(28(36)39)15-24(37)25(41-29(40)35(6)7)12-8-9-13-26(38)34(4)5/h9-11,13-14,19,25H,8,12,15-18H2,1-7H3/b13-9+/t25-/m0/s1. The van der Waals surface area contributed by atoms with Crippen molar-refractivity contribution in [1.29, 1.82) is 0 Å². The topological polar surface area (TPSA) is 127 Å². The summed E-state index contributed by atoms with van der Waals surface area (Å²) in [4.78, 5) is 66.9. The van der Waals surface area contributed by atoms with Gasteiger partial charge in [-0.2, -0.15) is 0 Å². The van der Waals surface area contributed by atoms with E-state index in [1.807, 2.05) is 0 Å². The molecule has 0 aromatic carbocycles. The fraction of sp³-hybridized carbons (Fsp3) is 0.500. The van der Waals surface area contributed by atoms with Gasteiger partial charge < -0.3 is 19.1 Å². The highest BCUT2D eigenvalue weighted by Gasteiger charge is 2.26. The molecule has 1 atom stereocenters. The van der Waals surface area contributed by atoms with Crippen molar-refractivity contribution in [3.05, 3.63) is 64.1 Å². The predicted octanol–water partition coefficient (Wildman–Crippen LogP) is 3.16. The Bertz CT molecular complexity index is 1400. The maximum Gasteiger partial charge on any atom is 0.409 e. The molecule has 11 nitrogen and oxygen atoms in total. The summed E-state index contributed by atoms with van der Waals surface area (Å²) in [6.45, 7) is 6.68. The van der Waals surface area contributed by atoms with E-state index in [4.69, 9.17) is 9.73 Å². The SMILES string of the molecule is CN(C)C(=O)/C=C/CC[C@H](OC(=O)N(C)C)C(=O)Cc1cccn(CC2=Nc3c(ncnc3CC(C)(C)C)C2)c1=O. The number of aromatic nitrogens is 3. The van der Waals surface area contributed by atoms with Crippen LogP contribution in [0.3, 0.4) is 0 Å². The van der Waals surface area contributed by atoms with Gasteiger partial charge in [-0.3, -0.25) is 19.4 Å². The molecule has 0 unspecified atom stereocenters. The van der Waals surface area contributed by atoms with E-state index in [1.54, 1.807) is 44.8 Å². The number of allylic oxidation sites excluding steroid dienone is 1. The zero-order valence-electron chi connectivity index (χ0n) is 25.0. The average molecular weight is 565 g/mol. The number of amides is 2. The number of rotatable bonds is 11. The van der Waals surface area contributed by atoms with E-state index in [9.17, 15) is 19.2 Å². The first kappa shape index (κ1) is 31.4. The van der Waals surface area contributed by atoms with Gasteiger partial charge in [-0.1, -0.05) is 32.9 Å². The Morgan fingerprint density at radius 2 is 1.85 bits per heavy atom. The summed E-state index contributed by atoms with van der Waals surface area (Å²) in [5.41, 5.74) is 3.34. The van der Waals surface area contributed by atoms with Crippen LogP contribution in [0.2, 0.25) is 0 Å². The van der Waals surface area contributed by atoms with Gasteiger partial charge in [-0.15, -0.1) is 0 Å². The number of ketones is 1. The van der Waals surface area contributed by atoms with E-state index in [2.05, 4.69) is 30.7 Å². The number of pyridine rings is 1. The first-order chi connectivity index (χ1) is 19.2. The van der Waals surface area contributed by atoms with Crippen LogP contribution in [0.1, 0.15) is 50.6 Å². The summed E-state index contributed by atoms with van der Waals surface area (Å²) in [6, 6.07) is 3.32. The lowest BCUT2D eigenvalue weighted by Gasteiger charge is -2.19. The Kier molecular flexibility index (Phi) is 10.3. The molecule has 0 fully saturated rings. The van der Waals surface area contributed by atoms with Gasteiger partial charge in [-0.05, 0) is 36.8 Å². The lowest BCUT2D eigenvalue weighted by atomic mass is 9.90. The minimum absolute atomic E-state index is 0.0386. The first-order valence-electron chi connectivity index (χ1n) is 13.6. The van der Waals surface area contributed by atoms with Gasteiger partial charge in [-0.25, -0.2) is 14.8 Å². The number of fused-ring (bicyclic) bond motifs is 1. The lowest BCUT2D eigenvalue weighted by molar-refractivity contribution is -0.127. The summed E-state index contributed by atoms with van der Waals surface area (Å²) in [7, 11) is 6.33. The number of aliphatic imine (C=N–C) groups is 1. The Balaban J connectivity index is 1.74. The summed E-state index contributed by atoms with van der Waals surface area (Å²) >= 11 is 0. The number of Topliss-reactive ketones (excluding diaryl/α,β-unsaturated/α-hetero) is 1. The molecule has 0 saturated carbocycles. The minimum atomic E-state index is -1.06. The van der Waals surface area contributed by atoms with Crippen molar-refractivity contribution in [2.24, 2.45) is 10.4 Å². The third-order valence-corrected chi connectivity index (χ3v) is 6.39. The number of carbonyl (C=O) groups excluding carboxylic acids is 3. The summed E-state index contributed by atoms with van der Waals surface area (Å²) < 4.78 is 6.96. The number of hydrogen-bond acceptors (Lipinski definition) is 8. The van der Waals surface area contributed by atoms with E-state index in [0.29, 0.717) is 18.4 Å². The van der Waals surface area contributed by atoms with Crippen molar-refractivity contribution in [2.75, 3.05) is 28.2 Å². The lowest BCUT2D eigenvalue weighted by Crippen LogP contribution is -2.35. The van der Waals surface area contributed by atoms with E-state index < -0.39 is 18.0 Å². The van der Waals surface area contributed by atoms with Crippen molar-refractivity contribution in [3.8, 4) is 0 Å². The number of likely N-dealkylation sites (N-methyl/N-ethyl adjacent to an activating group) is 1. The fourth-order valence-electron chi connectivity index (χ4n) is 4.27. The molecule has 0 aliphatic carbocycles. The van der Waals surface area contributed by atoms with E-state index >= 15 is 0 Å². The van der Waals surface area contributed by atoms with Crippen LogP contribution in [0.4, 0.5) is 10.5 Å². The van der Waals surface area contributed by atoms with E-state index in [1.165, 1.54) is 34.5 Å². The second-order valence-corrected chi connectivity index (χ2v) is 11.8. The minimum Gasteiger partial charge on any atom is -0.438 e. The van der Waals surface area contributed by atoms with Crippen LogP contribution in [0.5, 0.6) is 0 Å². The molecule has 1 aliphatic rings. The Labute approximate surface area is 241 Å². The smallest absolute Gasteiger partial charge is 0.409 e. The van der Waals surface area contributed by atoms with Crippen LogP contribution in [0.15, 0.2) is 46.6 Å². The highest BCUT2D eigenvalue weighted by atomic mass is 16.6. The second-order valence-electron chi connectivity index (χ2n) is 11.8. The zero-order chi connectivity index (χ0) is 30.3. The molecule has 0 bridgehead atoms. The van der Waals surface area contributed by atoms with Gasteiger partial charge in [0, 0.05) is 58.5 Å². The molecule has 3 rings (SSSR count). The van der Waals surface area contributed by atoms with Crippen molar-refractivity contribution >= 4 is 29.2 Å².